The van der Waals surface area contributed by atoms with Crippen molar-refractivity contribution in [1.82, 2.24) is 14.9 Å². The summed E-state index contributed by atoms with van der Waals surface area (Å²) in [6.45, 7) is 3.34. The summed E-state index contributed by atoms with van der Waals surface area (Å²) in [6, 6.07) is 12.9. The average Bonchev–Trinajstić information content (AvgIpc) is 2.54. The number of hydrogen-bond acceptors (Lipinski definition) is 5. The molecule has 0 amide bonds. The van der Waals surface area contributed by atoms with Crippen LogP contribution >= 0.6 is 0 Å². The lowest BCUT2D eigenvalue weighted by Crippen LogP contribution is -2.43. The molecule has 116 valence electrons. The molecule has 1 aromatic carbocycles. The topological polar surface area (TPSA) is 67.1 Å². The maximum atomic E-state index is 5.70. The Balaban J connectivity index is 1.51. The smallest absolute Gasteiger partial charge is 0.131 e. The summed E-state index contributed by atoms with van der Waals surface area (Å²) in [4.78, 5) is 10.7. The number of hydrogen-bond donors (Lipinski definition) is 2. The van der Waals surface area contributed by atoms with E-state index in [0.717, 1.165) is 25.3 Å². The number of nitrogen functional groups attached to an aromatic ring is 1. The third-order valence-electron chi connectivity index (χ3n) is 4.11. The molecule has 3 rings (SSSR count). The van der Waals surface area contributed by atoms with Crippen LogP contribution in [0.3, 0.4) is 0 Å². The van der Waals surface area contributed by atoms with Gasteiger partial charge in [0.2, 0.25) is 0 Å². The molecule has 1 atom stereocenters. The maximum Gasteiger partial charge on any atom is 0.131 e. The molecule has 0 radical (unpaired) electrons. The third-order valence-corrected chi connectivity index (χ3v) is 4.11. The van der Waals surface area contributed by atoms with E-state index in [0.29, 0.717) is 11.9 Å². The van der Waals surface area contributed by atoms with Crippen LogP contribution in [0.5, 0.6) is 0 Å². The normalized spacial score (nSPS) is 19.0. The van der Waals surface area contributed by atoms with Gasteiger partial charge in [-0.15, -0.1) is 0 Å². The number of rotatable bonds is 5. The van der Waals surface area contributed by atoms with E-state index in [4.69, 9.17) is 5.73 Å². The maximum absolute atomic E-state index is 5.70. The first-order valence-corrected chi connectivity index (χ1v) is 7.90. The van der Waals surface area contributed by atoms with E-state index in [1.54, 1.807) is 6.07 Å². The molecule has 22 heavy (non-hydrogen) atoms. The number of likely N-dealkylation sites (tertiary alicyclic amines) is 1. The largest absolute Gasteiger partial charge is 0.384 e. The first-order chi connectivity index (χ1) is 10.8. The number of nitrogens with one attached hydrogen (secondary N) is 1. The molecule has 1 saturated heterocycles. The summed E-state index contributed by atoms with van der Waals surface area (Å²) in [6.07, 6.45) is 5.00. The van der Waals surface area contributed by atoms with Crippen LogP contribution in [0.25, 0.3) is 0 Å². The van der Waals surface area contributed by atoms with Crippen molar-refractivity contribution in [3.63, 3.8) is 0 Å². The molecule has 1 fully saturated rings. The minimum atomic E-state index is 0.429. The van der Waals surface area contributed by atoms with Crippen molar-refractivity contribution >= 4 is 11.6 Å². The molecule has 5 nitrogen and oxygen atoms in total. The molecule has 3 N–H and O–H groups in total. The quantitative estimate of drug-likeness (QED) is 0.885. The first kappa shape index (κ1) is 14.8. The Kier molecular flexibility index (Phi) is 4.85. The van der Waals surface area contributed by atoms with Gasteiger partial charge in [0.05, 0.1) is 0 Å². The lowest BCUT2D eigenvalue weighted by Gasteiger charge is -2.33. The van der Waals surface area contributed by atoms with Crippen molar-refractivity contribution in [3.8, 4) is 0 Å². The monoisotopic (exact) mass is 297 g/mol. The first-order valence-electron chi connectivity index (χ1n) is 7.90. The summed E-state index contributed by atoms with van der Waals surface area (Å²) in [5.41, 5.74) is 7.11. The Labute approximate surface area is 131 Å². The Bertz CT molecular complexity index is 587. The van der Waals surface area contributed by atoms with E-state index in [1.807, 2.05) is 0 Å². The van der Waals surface area contributed by atoms with E-state index in [9.17, 15) is 0 Å². The molecule has 5 heteroatoms. The fraction of sp³-hybridized carbons (Fsp3) is 0.412. The highest BCUT2D eigenvalue weighted by molar-refractivity contribution is 5.44. The predicted octanol–water partition coefficient (Wildman–Crippen LogP) is 2.18. The summed E-state index contributed by atoms with van der Waals surface area (Å²) in [7, 11) is 0. The zero-order valence-corrected chi connectivity index (χ0v) is 12.8. The third kappa shape index (κ3) is 4.18. The molecule has 0 unspecified atom stereocenters. The Morgan fingerprint density at radius 2 is 2.09 bits per heavy atom. The van der Waals surface area contributed by atoms with Gasteiger partial charge in [-0.2, -0.15) is 0 Å². The van der Waals surface area contributed by atoms with Crippen LogP contribution in [0.15, 0.2) is 42.7 Å². The lowest BCUT2D eigenvalue weighted by molar-refractivity contribution is 0.218. The highest BCUT2D eigenvalue weighted by atomic mass is 15.2. The summed E-state index contributed by atoms with van der Waals surface area (Å²) < 4.78 is 0. The van der Waals surface area contributed by atoms with Gasteiger partial charge in [0.25, 0.3) is 0 Å². The van der Waals surface area contributed by atoms with Crippen molar-refractivity contribution in [2.24, 2.45) is 0 Å². The molecule has 2 heterocycles. The minimum Gasteiger partial charge on any atom is -0.384 e. The molecule has 0 spiro atoms. The van der Waals surface area contributed by atoms with E-state index < -0.39 is 0 Å². The van der Waals surface area contributed by atoms with Crippen molar-refractivity contribution in [3.05, 3.63) is 48.3 Å². The number of nitrogens with zero attached hydrogens (tertiary/aromatic N) is 3. The SMILES string of the molecule is Nc1cc(N[C@H]2CCCN(CCc3ccccc3)C2)ncn1. The zero-order chi connectivity index (χ0) is 15.2. The standard InChI is InChI=1S/C17H23N5/c18-16-11-17(20-13-19-16)21-15-7-4-9-22(12-15)10-8-14-5-2-1-3-6-14/h1-3,5-6,11,13,15H,4,7-10,12H2,(H3,18,19,20,21)/t15-/m0/s1. The number of nitrogens with two attached hydrogens (primary N) is 1. The number of anilines is 2. The minimum absolute atomic E-state index is 0.429. The molecule has 2 aromatic rings. The van der Waals surface area contributed by atoms with E-state index in [2.05, 4.69) is 50.5 Å². The van der Waals surface area contributed by atoms with E-state index in [-0.39, 0.29) is 0 Å². The molecular formula is C17H23N5. The van der Waals surface area contributed by atoms with Gasteiger partial charge >= 0.3 is 0 Å². The van der Waals surface area contributed by atoms with Gasteiger partial charge in [-0.05, 0) is 31.4 Å². The summed E-state index contributed by atoms with van der Waals surface area (Å²) >= 11 is 0. The van der Waals surface area contributed by atoms with Crippen molar-refractivity contribution in [2.75, 3.05) is 30.7 Å². The van der Waals surface area contributed by atoms with Gasteiger partial charge in [0.15, 0.2) is 0 Å². The Morgan fingerprint density at radius 1 is 1.23 bits per heavy atom. The van der Waals surface area contributed by atoms with Gasteiger partial charge in [0, 0.05) is 25.2 Å². The molecule has 0 bridgehead atoms. The lowest BCUT2D eigenvalue weighted by atomic mass is 10.0. The highest BCUT2D eigenvalue weighted by Crippen LogP contribution is 2.16. The van der Waals surface area contributed by atoms with Gasteiger partial charge in [-0.1, -0.05) is 30.3 Å². The number of benzene rings is 1. The van der Waals surface area contributed by atoms with Crippen molar-refractivity contribution in [2.45, 2.75) is 25.3 Å². The van der Waals surface area contributed by atoms with Gasteiger partial charge in [-0.25, -0.2) is 9.97 Å². The fourth-order valence-corrected chi connectivity index (χ4v) is 2.97. The van der Waals surface area contributed by atoms with Crippen LogP contribution in [-0.4, -0.2) is 40.5 Å². The van der Waals surface area contributed by atoms with Crippen molar-refractivity contribution in [1.29, 1.82) is 0 Å². The number of aromatic nitrogens is 2. The van der Waals surface area contributed by atoms with Gasteiger partial charge < -0.3 is 16.0 Å². The molecule has 1 aromatic heterocycles. The second kappa shape index (κ2) is 7.22. The van der Waals surface area contributed by atoms with E-state index in [1.165, 1.54) is 31.3 Å². The fourth-order valence-electron chi connectivity index (χ4n) is 2.97. The van der Waals surface area contributed by atoms with Gasteiger partial charge in [-0.3, -0.25) is 0 Å². The molecule has 0 aliphatic carbocycles. The summed E-state index contributed by atoms with van der Waals surface area (Å²) in [5.74, 6) is 1.33. The Morgan fingerprint density at radius 3 is 2.91 bits per heavy atom. The molecular weight excluding hydrogens is 274 g/mol. The van der Waals surface area contributed by atoms with Crippen LogP contribution in [0.4, 0.5) is 11.6 Å². The predicted molar refractivity (Wildman–Crippen MR) is 89.7 cm³/mol. The Hall–Kier alpha value is -2.14. The molecule has 1 aliphatic heterocycles. The summed E-state index contributed by atoms with van der Waals surface area (Å²) in [5, 5.41) is 3.48. The van der Waals surface area contributed by atoms with Crippen LogP contribution in [0.1, 0.15) is 18.4 Å². The highest BCUT2D eigenvalue weighted by Gasteiger charge is 2.19. The zero-order valence-electron chi connectivity index (χ0n) is 12.8. The van der Waals surface area contributed by atoms with Crippen LogP contribution in [0, 0.1) is 0 Å². The molecule has 0 saturated carbocycles. The van der Waals surface area contributed by atoms with Crippen LogP contribution in [0.2, 0.25) is 0 Å². The second-order valence-corrected chi connectivity index (χ2v) is 5.85. The average molecular weight is 297 g/mol. The van der Waals surface area contributed by atoms with Crippen molar-refractivity contribution < 1.29 is 0 Å². The van der Waals surface area contributed by atoms with Crippen LogP contribution < -0.4 is 11.1 Å². The number of piperidine rings is 1. The van der Waals surface area contributed by atoms with Crippen LogP contribution in [-0.2, 0) is 6.42 Å². The second-order valence-electron chi connectivity index (χ2n) is 5.85. The van der Waals surface area contributed by atoms with Gasteiger partial charge in [0.1, 0.15) is 18.0 Å². The van der Waals surface area contributed by atoms with E-state index >= 15 is 0 Å². The molecule has 1 aliphatic rings.